The smallest absolute Gasteiger partial charge is 0.279 e. The van der Waals surface area contributed by atoms with Crippen LogP contribution in [0.2, 0.25) is 0 Å². The van der Waals surface area contributed by atoms with E-state index in [0.717, 1.165) is 53.9 Å². The van der Waals surface area contributed by atoms with Crippen LogP contribution >= 0.6 is 0 Å². The van der Waals surface area contributed by atoms with Crippen LogP contribution in [-0.2, 0) is 4.79 Å². The van der Waals surface area contributed by atoms with Crippen molar-refractivity contribution in [3.05, 3.63) is 64.7 Å². The molecule has 3 N–H and O–H groups in total. The Balaban J connectivity index is 1.47. The van der Waals surface area contributed by atoms with E-state index in [4.69, 9.17) is 0 Å². The molecule has 5 nitrogen and oxygen atoms in total. The van der Waals surface area contributed by atoms with E-state index in [0.29, 0.717) is 6.54 Å². The van der Waals surface area contributed by atoms with Crippen molar-refractivity contribution >= 4 is 17.5 Å². The van der Waals surface area contributed by atoms with Gasteiger partial charge >= 0.3 is 0 Å². The fraction of sp³-hybridized carbons (Fsp3) is 0.391. The van der Waals surface area contributed by atoms with Gasteiger partial charge in [0.25, 0.3) is 11.8 Å². The molecule has 5 heteroatoms. The second-order valence-corrected chi connectivity index (χ2v) is 7.80. The molecule has 0 atom stereocenters. The summed E-state index contributed by atoms with van der Waals surface area (Å²) >= 11 is 0. The first kappa shape index (κ1) is 20.1. The monoisotopic (exact) mass is 380 g/mol. The normalized spacial score (nSPS) is 19.1. The third-order valence-corrected chi connectivity index (χ3v) is 5.57. The van der Waals surface area contributed by atoms with Crippen LogP contribution in [0.1, 0.15) is 39.9 Å². The Labute approximate surface area is 167 Å². The van der Waals surface area contributed by atoms with Gasteiger partial charge in [-0.15, -0.1) is 0 Å². The molecule has 0 aromatic heterocycles. The van der Waals surface area contributed by atoms with Crippen LogP contribution < -0.4 is 15.5 Å². The summed E-state index contributed by atoms with van der Waals surface area (Å²) in [4.78, 5) is 26.2. The predicted molar refractivity (Wildman–Crippen MR) is 112 cm³/mol. The number of carbonyl (C=O) groups is 2. The molecule has 0 aliphatic carbocycles. The number of likely N-dealkylation sites (tertiary alicyclic amines) is 1. The molecule has 1 aliphatic rings. The van der Waals surface area contributed by atoms with Crippen LogP contribution in [0.3, 0.4) is 0 Å². The predicted octanol–water partition coefficient (Wildman–Crippen LogP) is 2.03. The first-order valence-corrected chi connectivity index (χ1v) is 10.00. The van der Waals surface area contributed by atoms with Gasteiger partial charge in [0.2, 0.25) is 0 Å². The summed E-state index contributed by atoms with van der Waals surface area (Å²) in [5, 5.41) is 6.22. The SMILES string of the molecule is Cc1ccccc1C(=O)NC1CC[NH+](CC(=O)Nc2c(C)cccc2C)CC1. The molecule has 0 saturated carbocycles. The Bertz CT molecular complexity index is 834. The number of hydrogen-bond acceptors (Lipinski definition) is 2. The summed E-state index contributed by atoms with van der Waals surface area (Å²) in [6.07, 6.45) is 1.78. The van der Waals surface area contributed by atoms with Gasteiger partial charge < -0.3 is 15.5 Å². The summed E-state index contributed by atoms with van der Waals surface area (Å²) in [5.41, 5.74) is 4.82. The first-order valence-electron chi connectivity index (χ1n) is 10.00. The number of aryl methyl sites for hydroxylation is 3. The molecule has 28 heavy (non-hydrogen) atoms. The molecule has 2 aromatic carbocycles. The van der Waals surface area contributed by atoms with E-state index in [9.17, 15) is 9.59 Å². The molecule has 0 spiro atoms. The van der Waals surface area contributed by atoms with Crippen LogP contribution in [0.15, 0.2) is 42.5 Å². The lowest BCUT2D eigenvalue weighted by atomic mass is 10.0. The number of piperidine rings is 1. The molecule has 3 rings (SSSR count). The maximum Gasteiger partial charge on any atom is 0.279 e. The molecular weight excluding hydrogens is 350 g/mol. The van der Waals surface area contributed by atoms with Gasteiger partial charge in [-0.2, -0.15) is 0 Å². The van der Waals surface area contributed by atoms with Gasteiger partial charge in [0.1, 0.15) is 0 Å². The molecule has 0 radical (unpaired) electrons. The van der Waals surface area contributed by atoms with Crippen LogP contribution in [0.5, 0.6) is 0 Å². The zero-order valence-corrected chi connectivity index (χ0v) is 17.0. The number of hydrogen-bond donors (Lipinski definition) is 3. The number of rotatable bonds is 5. The van der Waals surface area contributed by atoms with Crippen molar-refractivity contribution in [1.82, 2.24) is 5.32 Å². The van der Waals surface area contributed by atoms with E-state index >= 15 is 0 Å². The molecule has 0 bridgehead atoms. The molecule has 1 saturated heterocycles. The fourth-order valence-electron chi connectivity index (χ4n) is 3.86. The zero-order chi connectivity index (χ0) is 20.1. The van der Waals surface area contributed by atoms with Crippen molar-refractivity contribution in [2.24, 2.45) is 0 Å². The van der Waals surface area contributed by atoms with E-state index < -0.39 is 0 Å². The third-order valence-electron chi connectivity index (χ3n) is 5.57. The maximum absolute atomic E-state index is 12.5. The van der Waals surface area contributed by atoms with Crippen LogP contribution in [0.25, 0.3) is 0 Å². The summed E-state index contributed by atoms with van der Waals surface area (Å²) in [5.74, 6) is 0.0501. The van der Waals surface area contributed by atoms with Crippen molar-refractivity contribution in [2.45, 2.75) is 39.7 Å². The number of amides is 2. The van der Waals surface area contributed by atoms with E-state index in [2.05, 4.69) is 10.6 Å². The highest BCUT2D eigenvalue weighted by molar-refractivity contribution is 5.95. The average molecular weight is 381 g/mol. The third kappa shape index (κ3) is 4.98. The Morgan fingerprint density at radius 2 is 1.54 bits per heavy atom. The van der Waals surface area contributed by atoms with E-state index in [-0.39, 0.29) is 17.9 Å². The molecule has 0 unspecified atom stereocenters. The number of carbonyl (C=O) groups excluding carboxylic acids is 2. The van der Waals surface area contributed by atoms with Crippen molar-refractivity contribution in [2.75, 3.05) is 25.0 Å². The van der Waals surface area contributed by atoms with Gasteiger partial charge in [0.05, 0.1) is 13.1 Å². The summed E-state index contributed by atoms with van der Waals surface area (Å²) in [6.45, 7) is 8.22. The van der Waals surface area contributed by atoms with Crippen molar-refractivity contribution in [3.63, 3.8) is 0 Å². The van der Waals surface area contributed by atoms with Crippen molar-refractivity contribution < 1.29 is 14.5 Å². The lowest BCUT2D eigenvalue weighted by molar-refractivity contribution is -0.897. The highest BCUT2D eigenvalue weighted by Crippen LogP contribution is 2.19. The Hall–Kier alpha value is -2.66. The van der Waals surface area contributed by atoms with Crippen molar-refractivity contribution in [3.8, 4) is 0 Å². The second-order valence-electron chi connectivity index (χ2n) is 7.80. The van der Waals surface area contributed by atoms with Crippen LogP contribution in [-0.4, -0.2) is 37.5 Å². The number of para-hydroxylation sites is 1. The lowest BCUT2D eigenvalue weighted by Gasteiger charge is -2.29. The molecule has 1 heterocycles. The van der Waals surface area contributed by atoms with E-state index in [1.54, 1.807) is 0 Å². The fourth-order valence-corrected chi connectivity index (χ4v) is 3.86. The van der Waals surface area contributed by atoms with Crippen molar-refractivity contribution in [1.29, 1.82) is 0 Å². The van der Waals surface area contributed by atoms with Gasteiger partial charge in [-0.3, -0.25) is 9.59 Å². The lowest BCUT2D eigenvalue weighted by Crippen LogP contribution is -3.14. The van der Waals surface area contributed by atoms with E-state index in [1.807, 2.05) is 63.2 Å². The molecule has 2 aromatic rings. The first-order chi connectivity index (χ1) is 13.4. The van der Waals surface area contributed by atoms with Gasteiger partial charge in [0.15, 0.2) is 6.54 Å². The van der Waals surface area contributed by atoms with E-state index in [1.165, 1.54) is 4.90 Å². The highest BCUT2D eigenvalue weighted by atomic mass is 16.2. The number of nitrogens with one attached hydrogen (secondary N) is 3. The molecule has 2 amide bonds. The van der Waals surface area contributed by atoms with Gasteiger partial charge in [-0.1, -0.05) is 36.4 Å². The zero-order valence-electron chi connectivity index (χ0n) is 17.0. The maximum atomic E-state index is 12.5. The number of anilines is 1. The largest absolute Gasteiger partial charge is 0.349 e. The summed E-state index contributed by atoms with van der Waals surface area (Å²) in [6, 6.07) is 13.9. The number of quaternary nitrogens is 1. The topological polar surface area (TPSA) is 62.6 Å². The molecule has 148 valence electrons. The van der Waals surface area contributed by atoms with Gasteiger partial charge in [0, 0.05) is 30.1 Å². The Morgan fingerprint density at radius 3 is 2.18 bits per heavy atom. The Kier molecular flexibility index (Phi) is 6.47. The Morgan fingerprint density at radius 1 is 0.929 bits per heavy atom. The summed E-state index contributed by atoms with van der Waals surface area (Å²) in [7, 11) is 0. The molecule has 1 fully saturated rings. The average Bonchev–Trinajstić information content (AvgIpc) is 2.67. The second kappa shape index (κ2) is 9.02. The minimum Gasteiger partial charge on any atom is -0.349 e. The summed E-state index contributed by atoms with van der Waals surface area (Å²) < 4.78 is 0. The minimum atomic E-state index is -0.000629. The van der Waals surface area contributed by atoms with Gasteiger partial charge in [-0.05, 0) is 43.5 Å². The number of benzene rings is 2. The highest BCUT2D eigenvalue weighted by Gasteiger charge is 2.25. The van der Waals surface area contributed by atoms with Gasteiger partial charge in [-0.25, -0.2) is 0 Å². The standard InChI is InChI=1S/C23H29N3O2/c1-16-7-4-5-10-20(16)23(28)24-19-11-13-26(14-12-19)15-21(27)25-22-17(2)8-6-9-18(22)3/h4-10,19H,11-15H2,1-3H3,(H,24,28)(H,25,27)/p+1. The van der Waals surface area contributed by atoms with Crippen LogP contribution in [0, 0.1) is 20.8 Å². The minimum absolute atomic E-state index is 0.000629. The quantitative estimate of drug-likeness (QED) is 0.743. The van der Waals surface area contributed by atoms with Crippen LogP contribution in [0.4, 0.5) is 5.69 Å². The molecular formula is C23H30N3O2+. The molecule has 1 aliphatic heterocycles.